The Hall–Kier alpha value is -1.35. The van der Waals surface area contributed by atoms with Crippen molar-refractivity contribution in [3.05, 3.63) is 35.9 Å². The summed E-state index contributed by atoms with van der Waals surface area (Å²) in [5.41, 5.74) is 1.01. The molecule has 0 aromatic heterocycles. The van der Waals surface area contributed by atoms with Crippen LogP contribution in [0.25, 0.3) is 0 Å². The predicted octanol–water partition coefficient (Wildman–Crippen LogP) is 2.14. The van der Waals surface area contributed by atoms with Gasteiger partial charge in [0, 0.05) is 6.61 Å². The monoisotopic (exact) mass is 234 g/mol. The number of ether oxygens (including phenoxy) is 1. The molecule has 0 aliphatic heterocycles. The summed E-state index contributed by atoms with van der Waals surface area (Å²) in [7, 11) is 0. The smallest absolute Gasteiger partial charge is 0.309 e. The average Bonchev–Trinajstić information content (AvgIpc) is 2.86. The molecule has 1 fully saturated rings. The van der Waals surface area contributed by atoms with E-state index in [0.717, 1.165) is 24.8 Å². The second kappa shape index (κ2) is 5.82. The first-order chi connectivity index (χ1) is 8.29. The van der Waals surface area contributed by atoms with Crippen LogP contribution in [0.3, 0.4) is 0 Å². The fourth-order valence-corrected chi connectivity index (χ4v) is 2.30. The predicted molar refractivity (Wildman–Crippen MR) is 64.2 cm³/mol. The van der Waals surface area contributed by atoms with Gasteiger partial charge in [-0.1, -0.05) is 30.3 Å². The van der Waals surface area contributed by atoms with Gasteiger partial charge in [0.15, 0.2) is 0 Å². The Morgan fingerprint density at radius 3 is 2.71 bits per heavy atom. The molecule has 17 heavy (non-hydrogen) atoms. The second-order valence-electron chi connectivity index (χ2n) is 4.65. The molecule has 0 bridgehead atoms. The minimum atomic E-state index is -0.121. The lowest BCUT2D eigenvalue weighted by Crippen LogP contribution is -2.15. The van der Waals surface area contributed by atoms with E-state index in [-0.39, 0.29) is 24.4 Å². The number of carbonyl (C=O) groups excluding carboxylic acids is 1. The summed E-state index contributed by atoms with van der Waals surface area (Å²) in [5.74, 6) is 0.143. The number of hydrogen-bond donors (Lipinski definition) is 1. The van der Waals surface area contributed by atoms with Crippen LogP contribution in [0.1, 0.15) is 24.8 Å². The van der Waals surface area contributed by atoms with Crippen LogP contribution >= 0.6 is 0 Å². The third-order valence-electron chi connectivity index (χ3n) is 3.36. The largest absolute Gasteiger partial charge is 0.461 e. The summed E-state index contributed by atoms with van der Waals surface area (Å²) in [6.45, 7) is 0.530. The van der Waals surface area contributed by atoms with Crippen LogP contribution < -0.4 is 0 Å². The lowest BCUT2D eigenvalue weighted by Gasteiger charge is -2.10. The van der Waals surface area contributed by atoms with E-state index in [1.807, 2.05) is 30.3 Å². The first-order valence-corrected chi connectivity index (χ1v) is 6.11. The fourth-order valence-electron chi connectivity index (χ4n) is 2.30. The number of hydrogen-bond acceptors (Lipinski definition) is 3. The molecule has 3 nitrogen and oxygen atoms in total. The maximum Gasteiger partial charge on any atom is 0.309 e. The van der Waals surface area contributed by atoms with Crippen molar-refractivity contribution in [1.29, 1.82) is 0 Å². The maximum absolute atomic E-state index is 11.8. The zero-order valence-electron chi connectivity index (χ0n) is 9.84. The van der Waals surface area contributed by atoms with Crippen LogP contribution in [0.15, 0.2) is 30.3 Å². The molecule has 1 N–H and O–H groups in total. The lowest BCUT2D eigenvalue weighted by molar-refractivity contribution is -0.149. The molecule has 2 atom stereocenters. The average molecular weight is 234 g/mol. The summed E-state index contributed by atoms with van der Waals surface area (Å²) in [6, 6.07) is 9.69. The van der Waals surface area contributed by atoms with Gasteiger partial charge in [0.1, 0.15) is 6.61 Å². The standard InChI is InChI=1S/C14H18O3/c15-9-12-6-7-13(8-12)14(16)17-10-11-4-2-1-3-5-11/h1-5,12-13,15H,6-10H2. The molecule has 1 aromatic carbocycles. The van der Waals surface area contributed by atoms with Crippen molar-refractivity contribution in [3.8, 4) is 0 Å². The Morgan fingerprint density at radius 2 is 2.06 bits per heavy atom. The Labute approximate surface area is 101 Å². The minimum absolute atomic E-state index is 0.0177. The highest BCUT2D eigenvalue weighted by Gasteiger charge is 2.30. The zero-order valence-corrected chi connectivity index (χ0v) is 9.84. The highest BCUT2D eigenvalue weighted by molar-refractivity contribution is 5.72. The molecule has 0 spiro atoms. The molecular weight excluding hydrogens is 216 g/mol. The van der Waals surface area contributed by atoms with E-state index in [1.54, 1.807) is 0 Å². The van der Waals surface area contributed by atoms with Crippen LogP contribution in [0.2, 0.25) is 0 Å². The number of aliphatic hydroxyl groups excluding tert-OH is 1. The Balaban J connectivity index is 1.78. The third kappa shape index (κ3) is 3.30. The summed E-state index contributed by atoms with van der Waals surface area (Å²) in [5, 5.41) is 9.02. The molecule has 1 aliphatic rings. The number of rotatable bonds is 4. The van der Waals surface area contributed by atoms with Crippen molar-refractivity contribution >= 4 is 5.97 Å². The molecule has 92 valence electrons. The Morgan fingerprint density at radius 1 is 1.29 bits per heavy atom. The summed E-state index contributed by atoms with van der Waals surface area (Å²) < 4.78 is 5.28. The summed E-state index contributed by atoms with van der Waals surface area (Å²) in [4.78, 5) is 11.8. The molecule has 0 saturated heterocycles. The maximum atomic E-state index is 11.8. The summed E-state index contributed by atoms with van der Waals surface area (Å²) >= 11 is 0. The zero-order chi connectivity index (χ0) is 12.1. The van der Waals surface area contributed by atoms with Gasteiger partial charge in [-0.2, -0.15) is 0 Å². The van der Waals surface area contributed by atoms with Crippen molar-refractivity contribution in [1.82, 2.24) is 0 Å². The molecule has 2 rings (SSSR count). The molecule has 2 unspecified atom stereocenters. The van der Waals surface area contributed by atoms with Gasteiger partial charge in [0.2, 0.25) is 0 Å². The second-order valence-corrected chi connectivity index (χ2v) is 4.65. The lowest BCUT2D eigenvalue weighted by atomic mass is 10.1. The van der Waals surface area contributed by atoms with E-state index in [4.69, 9.17) is 9.84 Å². The number of benzene rings is 1. The van der Waals surface area contributed by atoms with Gasteiger partial charge >= 0.3 is 5.97 Å². The van der Waals surface area contributed by atoms with E-state index < -0.39 is 0 Å². The van der Waals surface area contributed by atoms with Gasteiger partial charge in [-0.25, -0.2) is 0 Å². The molecule has 3 heteroatoms. The van der Waals surface area contributed by atoms with Crippen molar-refractivity contribution < 1.29 is 14.6 Å². The van der Waals surface area contributed by atoms with Crippen molar-refractivity contribution in [2.24, 2.45) is 11.8 Å². The highest BCUT2D eigenvalue weighted by atomic mass is 16.5. The number of esters is 1. The van der Waals surface area contributed by atoms with Crippen LogP contribution in [-0.2, 0) is 16.1 Å². The first-order valence-electron chi connectivity index (χ1n) is 6.11. The van der Waals surface area contributed by atoms with Gasteiger partial charge in [-0.15, -0.1) is 0 Å². The van der Waals surface area contributed by atoms with E-state index in [2.05, 4.69) is 0 Å². The number of aliphatic hydroxyl groups is 1. The van der Waals surface area contributed by atoms with Crippen LogP contribution in [-0.4, -0.2) is 17.7 Å². The van der Waals surface area contributed by atoms with Gasteiger partial charge < -0.3 is 9.84 Å². The first kappa shape index (κ1) is 12.1. The SMILES string of the molecule is O=C(OCc1ccccc1)C1CCC(CO)C1. The van der Waals surface area contributed by atoms with Crippen LogP contribution in [0.4, 0.5) is 0 Å². The van der Waals surface area contributed by atoms with Crippen molar-refractivity contribution in [2.75, 3.05) is 6.61 Å². The topological polar surface area (TPSA) is 46.5 Å². The van der Waals surface area contributed by atoms with Crippen molar-refractivity contribution in [3.63, 3.8) is 0 Å². The summed E-state index contributed by atoms with van der Waals surface area (Å²) in [6.07, 6.45) is 2.55. The van der Waals surface area contributed by atoms with Gasteiger partial charge in [-0.3, -0.25) is 4.79 Å². The minimum Gasteiger partial charge on any atom is -0.461 e. The molecule has 1 aliphatic carbocycles. The highest BCUT2D eigenvalue weighted by Crippen LogP contribution is 2.31. The Bertz CT molecular complexity index is 361. The van der Waals surface area contributed by atoms with Crippen molar-refractivity contribution in [2.45, 2.75) is 25.9 Å². The molecule has 0 amide bonds. The fraction of sp³-hybridized carbons (Fsp3) is 0.500. The molecular formula is C14H18O3. The van der Waals surface area contributed by atoms with E-state index in [0.29, 0.717) is 6.61 Å². The molecule has 0 radical (unpaired) electrons. The van der Waals surface area contributed by atoms with Gasteiger partial charge in [0.05, 0.1) is 5.92 Å². The number of carbonyl (C=O) groups is 1. The molecule has 1 aromatic rings. The third-order valence-corrected chi connectivity index (χ3v) is 3.36. The Kier molecular flexibility index (Phi) is 4.15. The van der Waals surface area contributed by atoms with E-state index in [1.165, 1.54) is 0 Å². The van der Waals surface area contributed by atoms with Crippen LogP contribution in [0.5, 0.6) is 0 Å². The van der Waals surface area contributed by atoms with Gasteiger partial charge in [-0.05, 0) is 30.7 Å². The quantitative estimate of drug-likeness (QED) is 0.812. The van der Waals surface area contributed by atoms with E-state index >= 15 is 0 Å². The van der Waals surface area contributed by atoms with Gasteiger partial charge in [0.25, 0.3) is 0 Å². The molecule has 0 heterocycles. The molecule has 1 saturated carbocycles. The van der Waals surface area contributed by atoms with E-state index in [9.17, 15) is 4.79 Å². The van der Waals surface area contributed by atoms with Crippen LogP contribution in [0, 0.1) is 11.8 Å². The normalized spacial score (nSPS) is 23.6.